The number of hydrogen-bond donors (Lipinski definition) is 1. The molecule has 0 radical (unpaired) electrons. The maximum atomic E-state index is 12.1. The van der Waals surface area contributed by atoms with E-state index in [0.717, 1.165) is 16.3 Å². The van der Waals surface area contributed by atoms with Crippen molar-refractivity contribution in [1.82, 2.24) is 15.3 Å². The number of carbonyl (C=O) groups is 1. The predicted octanol–water partition coefficient (Wildman–Crippen LogP) is 3.27. The minimum Gasteiger partial charge on any atom is -0.493 e. The zero-order valence-electron chi connectivity index (χ0n) is 14.7. The summed E-state index contributed by atoms with van der Waals surface area (Å²) in [6.45, 7) is 4.33. The molecule has 8 heteroatoms. The van der Waals surface area contributed by atoms with Crippen LogP contribution in [0.1, 0.15) is 32.6 Å². The third kappa shape index (κ3) is 4.40. The first-order valence-electron chi connectivity index (χ1n) is 7.96. The van der Waals surface area contributed by atoms with E-state index in [9.17, 15) is 4.79 Å². The summed E-state index contributed by atoms with van der Waals surface area (Å²) in [5.74, 6) is 1.20. The van der Waals surface area contributed by atoms with Crippen molar-refractivity contribution in [3.63, 3.8) is 0 Å². The minimum atomic E-state index is -0.321. The highest BCUT2D eigenvalue weighted by Crippen LogP contribution is 2.28. The zero-order valence-corrected chi connectivity index (χ0v) is 15.6. The van der Waals surface area contributed by atoms with Crippen molar-refractivity contribution in [2.45, 2.75) is 27.0 Å². The molecule has 3 rings (SSSR count). The first-order chi connectivity index (χ1) is 12.5. The van der Waals surface area contributed by atoms with Crippen molar-refractivity contribution >= 4 is 17.2 Å². The quantitative estimate of drug-likeness (QED) is 0.684. The number of thiazole rings is 1. The van der Waals surface area contributed by atoms with Gasteiger partial charge in [0, 0.05) is 5.38 Å². The summed E-state index contributed by atoms with van der Waals surface area (Å²) in [6.07, 6.45) is 1.31. The van der Waals surface area contributed by atoms with Crippen LogP contribution in [0.15, 0.2) is 34.3 Å². The van der Waals surface area contributed by atoms with Crippen LogP contribution in [0.25, 0.3) is 0 Å². The number of nitrogens with zero attached hydrogens (tertiary/aromatic N) is 2. The summed E-state index contributed by atoms with van der Waals surface area (Å²) in [4.78, 5) is 20.6. The van der Waals surface area contributed by atoms with Gasteiger partial charge in [-0.3, -0.25) is 4.79 Å². The van der Waals surface area contributed by atoms with Gasteiger partial charge in [-0.25, -0.2) is 9.97 Å². The molecule has 1 amide bonds. The Morgan fingerprint density at radius 2 is 2.12 bits per heavy atom. The molecule has 26 heavy (non-hydrogen) atoms. The van der Waals surface area contributed by atoms with Crippen molar-refractivity contribution in [2.24, 2.45) is 0 Å². The Kier molecular flexibility index (Phi) is 5.52. The Labute approximate surface area is 155 Å². The van der Waals surface area contributed by atoms with Gasteiger partial charge in [0.25, 0.3) is 5.91 Å². The topological polar surface area (TPSA) is 86.5 Å². The monoisotopic (exact) mass is 373 g/mol. The molecular formula is C18H19N3O4S. The molecule has 0 aliphatic rings. The summed E-state index contributed by atoms with van der Waals surface area (Å²) < 4.78 is 16.3. The maximum Gasteiger partial charge on any atom is 0.273 e. The number of benzene rings is 1. The number of aromatic nitrogens is 2. The van der Waals surface area contributed by atoms with Crippen molar-refractivity contribution in [3.05, 3.63) is 57.7 Å². The van der Waals surface area contributed by atoms with Crippen LogP contribution in [0.3, 0.4) is 0 Å². The van der Waals surface area contributed by atoms with Gasteiger partial charge in [0.1, 0.15) is 6.26 Å². The Morgan fingerprint density at radius 1 is 1.27 bits per heavy atom. The number of nitrogens with one attached hydrogen (secondary N) is 1. The summed E-state index contributed by atoms with van der Waals surface area (Å²) in [7, 11) is 1.58. The Bertz CT molecular complexity index is 903. The van der Waals surface area contributed by atoms with Crippen LogP contribution in [-0.4, -0.2) is 23.0 Å². The predicted molar refractivity (Wildman–Crippen MR) is 96.6 cm³/mol. The highest BCUT2D eigenvalue weighted by Gasteiger charge is 2.14. The van der Waals surface area contributed by atoms with Gasteiger partial charge < -0.3 is 19.2 Å². The van der Waals surface area contributed by atoms with E-state index in [0.29, 0.717) is 23.9 Å². The van der Waals surface area contributed by atoms with Crippen LogP contribution in [0.5, 0.6) is 11.5 Å². The Morgan fingerprint density at radius 3 is 2.85 bits per heavy atom. The lowest BCUT2D eigenvalue weighted by atomic mass is 10.2. The largest absolute Gasteiger partial charge is 0.493 e. The smallest absolute Gasteiger partial charge is 0.273 e. The van der Waals surface area contributed by atoms with Crippen molar-refractivity contribution in [1.29, 1.82) is 0 Å². The van der Waals surface area contributed by atoms with Gasteiger partial charge in [-0.1, -0.05) is 6.07 Å². The van der Waals surface area contributed by atoms with Gasteiger partial charge in [0.05, 0.1) is 24.4 Å². The Hall–Kier alpha value is -2.87. The highest BCUT2D eigenvalue weighted by atomic mass is 32.1. The summed E-state index contributed by atoms with van der Waals surface area (Å²) >= 11 is 1.54. The normalized spacial score (nSPS) is 10.6. The molecule has 3 aromatic rings. The van der Waals surface area contributed by atoms with Crippen molar-refractivity contribution < 1.29 is 18.7 Å². The molecule has 2 heterocycles. The number of methoxy groups -OCH3 is 1. The molecule has 0 aliphatic heterocycles. The van der Waals surface area contributed by atoms with Crippen LogP contribution < -0.4 is 14.8 Å². The molecule has 0 unspecified atom stereocenters. The second-order valence-electron chi connectivity index (χ2n) is 5.61. The SMILES string of the molecule is COc1cc(C)ccc1OCc1nc(C(=O)NCc2csc(C)n2)co1. The third-order valence-electron chi connectivity index (χ3n) is 3.55. The molecule has 0 atom stereocenters. The second-order valence-corrected chi connectivity index (χ2v) is 6.67. The minimum absolute atomic E-state index is 0.0952. The lowest BCUT2D eigenvalue weighted by molar-refractivity contribution is 0.0945. The number of oxazole rings is 1. The molecule has 0 saturated carbocycles. The van der Waals surface area contributed by atoms with Crippen LogP contribution >= 0.6 is 11.3 Å². The average Bonchev–Trinajstić information content (AvgIpc) is 3.27. The lowest BCUT2D eigenvalue weighted by Gasteiger charge is -2.09. The fourth-order valence-corrected chi connectivity index (χ4v) is 2.88. The van der Waals surface area contributed by atoms with Crippen LogP contribution in [0, 0.1) is 13.8 Å². The summed E-state index contributed by atoms with van der Waals surface area (Å²) in [6, 6.07) is 5.62. The van der Waals surface area contributed by atoms with E-state index in [4.69, 9.17) is 13.9 Å². The average molecular weight is 373 g/mol. The molecule has 0 bridgehead atoms. The summed E-state index contributed by atoms with van der Waals surface area (Å²) in [5.41, 5.74) is 2.09. The van der Waals surface area contributed by atoms with Gasteiger partial charge in [0.15, 0.2) is 23.8 Å². The van der Waals surface area contributed by atoms with Gasteiger partial charge in [-0.15, -0.1) is 11.3 Å². The molecule has 1 N–H and O–H groups in total. The molecular weight excluding hydrogens is 354 g/mol. The number of amides is 1. The molecule has 136 valence electrons. The fourth-order valence-electron chi connectivity index (χ4n) is 2.27. The molecule has 0 fully saturated rings. The number of carbonyl (C=O) groups excluding carboxylic acids is 1. The van der Waals surface area contributed by atoms with Gasteiger partial charge in [-0.05, 0) is 31.5 Å². The lowest BCUT2D eigenvalue weighted by Crippen LogP contribution is -2.23. The zero-order chi connectivity index (χ0) is 18.5. The Balaban J connectivity index is 1.56. The first-order valence-corrected chi connectivity index (χ1v) is 8.84. The highest BCUT2D eigenvalue weighted by molar-refractivity contribution is 7.09. The number of rotatable bonds is 7. The molecule has 0 saturated heterocycles. The molecule has 0 spiro atoms. The fraction of sp³-hybridized carbons (Fsp3) is 0.278. The van der Waals surface area contributed by atoms with Crippen LogP contribution in [-0.2, 0) is 13.2 Å². The standard InChI is InChI=1S/C18H19N3O4S/c1-11-4-5-15(16(6-11)23-3)24-9-17-21-14(8-25-17)18(22)19-7-13-10-26-12(2)20-13/h4-6,8,10H,7,9H2,1-3H3,(H,19,22). The van der Waals surface area contributed by atoms with E-state index in [1.54, 1.807) is 18.4 Å². The van der Waals surface area contributed by atoms with Crippen LogP contribution in [0.4, 0.5) is 0 Å². The van der Waals surface area contributed by atoms with E-state index in [1.807, 2.05) is 37.4 Å². The van der Waals surface area contributed by atoms with Crippen molar-refractivity contribution in [2.75, 3.05) is 7.11 Å². The number of ether oxygens (including phenoxy) is 2. The second kappa shape index (κ2) is 8.01. The van der Waals surface area contributed by atoms with Gasteiger partial charge in [-0.2, -0.15) is 0 Å². The molecule has 7 nitrogen and oxygen atoms in total. The maximum absolute atomic E-state index is 12.1. The molecule has 2 aromatic heterocycles. The number of aryl methyl sites for hydroxylation is 2. The van der Waals surface area contributed by atoms with Gasteiger partial charge >= 0.3 is 0 Å². The first kappa shape index (κ1) is 17.9. The van der Waals surface area contributed by atoms with E-state index >= 15 is 0 Å². The van der Waals surface area contributed by atoms with E-state index in [-0.39, 0.29) is 18.2 Å². The van der Waals surface area contributed by atoms with E-state index in [2.05, 4.69) is 15.3 Å². The van der Waals surface area contributed by atoms with E-state index < -0.39 is 0 Å². The van der Waals surface area contributed by atoms with Crippen molar-refractivity contribution in [3.8, 4) is 11.5 Å². The van der Waals surface area contributed by atoms with Gasteiger partial charge in [0.2, 0.25) is 5.89 Å². The third-order valence-corrected chi connectivity index (χ3v) is 4.37. The molecule has 0 aliphatic carbocycles. The number of hydrogen-bond acceptors (Lipinski definition) is 7. The summed E-state index contributed by atoms with van der Waals surface area (Å²) in [5, 5.41) is 5.63. The van der Waals surface area contributed by atoms with E-state index in [1.165, 1.54) is 6.26 Å². The van der Waals surface area contributed by atoms with Crippen LogP contribution in [0.2, 0.25) is 0 Å². The molecule has 1 aromatic carbocycles.